The zero-order valence-corrected chi connectivity index (χ0v) is 20.9. The highest BCUT2D eigenvalue weighted by atomic mass is 16.5. The minimum absolute atomic E-state index is 0.0909. The molecule has 1 aliphatic heterocycles. The van der Waals surface area contributed by atoms with Crippen LogP contribution in [0.5, 0.6) is 5.75 Å². The largest absolute Gasteiger partial charge is 0.507 e. The predicted molar refractivity (Wildman–Crippen MR) is 133 cm³/mol. The maximum absolute atomic E-state index is 13.2. The summed E-state index contributed by atoms with van der Waals surface area (Å²) in [7, 11) is 1.60. The lowest BCUT2D eigenvalue weighted by Crippen LogP contribution is -2.31. The smallest absolute Gasteiger partial charge is 0.295 e. The number of carbonyl (C=O) groups excluding carboxylic acids is 2. The molecule has 0 bridgehead atoms. The van der Waals surface area contributed by atoms with Gasteiger partial charge in [0.15, 0.2) is 0 Å². The second kappa shape index (κ2) is 10.9. The maximum atomic E-state index is 13.2. The molecule has 1 fully saturated rings. The van der Waals surface area contributed by atoms with Crippen LogP contribution in [0.3, 0.4) is 0 Å². The SMILES string of the molecule is COc1ccc(/C(O)=C2/C(=O)C(=O)N(CCCOC(C)C)C2c2cccc(C)c2)cc1C(C)C. The monoisotopic (exact) mass is 465 g/mol. The van der Waals surface area contributed by atoms with Crippen LogP contribution in [-0.4, -0.2) is 48.1 Å². The quantitative estimate of drug-likeness (QED) is 0.233. The fourth-order valence-electron chi connectivity index (χ4n) is 4.34. The lowest BCUT2D eigenvalue weighted by atomic mass is 9.92. The first-order valence-electron chi connectivity index (χ1n) is 11.8. The Kier molecular flexibility index (Phi) is 8.15. The third kappa shape index (κ3) is 5.33. The van der Waals surface area contributed by atoms with Gasteiger partial charge in [-0.3, -0.25) is 9.59 Å². The lowest BCUT2D eigenvalue weighted by molar-refractivity contribution is -0.140. The van der Waals surface area contributed by atoms with Crippen LogP contribution in [0, 0.1) is 6.92 Å². The van der Waals surface area contributed by atoms with Gasteiger partial charge in [0.2, 0.25) is 0 Å². The van der Waals surface area contributed by atoms with Gasteiger partial charge in [-0.15, -0.1) is 0 Å². The van der Waals surface area contributed by atoms with Gasteiger partial charge in [-0.2, -0.15) is 0 Å². The molecule has 1 unspecified atom stereocenters. The van der Waals surface area contributed by atoms with Crippen molar-refractivity contribution in [3.8, 4) is 5.75 Å². The molecule has 2 aromatic rings. The van der Waals surface area contributed by atoms with E-state index in [0.29, 0.717) is 30.9 Å². The number of ketones is 1. The third-order valence-electron chi connectivity index (χ3n) is 6.02. The number of nitrogens with zero attached hydrogens (tertiary/aromatic N) is 1. The van der Waals surface area contributed by atoms with Gasteiger partial charge in [-0.25, -0.2) is 0 Å². The summed E-state index contributed by atoms with van der Waals surface area (Å²) >= 11 is 0. The van der Waals surface area contributed by atoms with E-state index in [1.54, 1.807) is 24.1 Å². The van der Waals surface area contributed by atoms with Crippen molar-refractivity contribution in [1.82, 2.24) is 4.90 Å². The van der Waals surface area contributed by atoms with Crippen molar-refractivity contribution in [2.75, 3.05) is 20.3 Å². The van der Waals surface area contributed by atoms with Gasteiger partial charge >= 0.3 is 0 Å². The molecule has 2 aromatic carbocycles. The number of amides is 1. The molecule has 0 aromatic heterocycles. The average molecular weight is 466 g/mol. The molecule has 3 rings (SSSR count). The summed E-state index contributed by atoms with van der Waals surface area (Å²) in [5, 5.41) is 11.4. The number of hydrogen-bond acceptors (Lipinski definition) is 5. The number of carbonyl (C=O) groups is 2. The van der Waals surface area contributed by atoms with Crippen molar-refractivity contribution < 1.29 is 24.2 Å². The van der Waals surface area contributed by atoms with Gasteiger partial charge in [0.1, 0.15) is 11.5 Å². The lowest BCUT2D eigenvalue weighted by Gasteiger charge is -2.26. The van der Waals surface area contributed by atoms with Gasteiger partial charge in [0, 0.05) is 18.7 Å². The van der Waals surface area contributed by atoms with Crippen LogP contribution in [0.1, 0.15) is 68.3 Å². The molecule has 1 heterocycles. The maximum Gasteiger partial charge on any atom is 0.295 e. The Morgan fingerprint density at radius 3 is 2.44 bits per heavy atom. The standard InChI is InChI=1S/C28H35NO5/c1-17(2)22-16-21(11-12-23(22)33-6)26(30)24-25(20-10-7-9-19(5)15-20)29(28(32)27(24)31)13-8-14-34-18(3)4/h7,9-12,15-18,25,30H,8,13-14H2,1-6H3/b26-24-. The normalized spacial score (nSPS) is 17.8. The Morgan fingerprint density at radius 1 is 1.09 bits per heavy atom. The van der Waals surface area contributed by atoms with E-state index in [0.717, 1.165) is 16.7 Å². The van der Waals surface area contributed by atoms with Crippen LogP contribution >= 0.6 is 0 Å². The molecule has 1 N–H and O–H groups in total. The van der Waals surface area contributed by atoms with Gasteiger partial charge < -0.3 is 19.5 Å². The first-order chi connectivity index (χ1) is 16.1. The number of aliphatic hydroxyl groups excluding tert-OH is 1. The molecular formula is C28H35NO5. The van der Waals surface area contributed by atoms with Crippen molar-refractivity contribution in [3.05, 3.63) is 70.3 Å². The van der Waals surface area contributed by atoms with Crippen LogP contribution in [0.25, 0.3) is 5.76 Å². The Balaban J connectivity index is 2.09. The zero-order valence-electron chi connectivity index (χ0n) is 20.9. The van der Waals surface area contributed by atoms with E-state index in [1.165, 1.54) is 0 Å². The number of rotatable bonds is 9. The summed E-state index contributed by atoms with van der Waals surface area (Å²) in [5.74, 6) is -0.577. The predicted octanol–water partition coefficient (Wildman–Crippen LogP) is 5.36. The Morgan fingerprint density at radius 2 is 1.82 bits per heavy atom. The summed E-state index contributed by atoms with van der Waals surface area (Å²) in [5.41, 5.74) is 3.32. The molecule has 6 heteroatoms. The van der Waals surface area contributed by atoms with E-state index < -0.39 is 17.7 Å². The molecule has 0 aliphatic carbocycles. The summed E-state index contributed by atoms with van der Waals surface area (Å²) in [6.07, 6.45) is 0.682. The minimum atomic E-state index is -0.671. The molecular weight excluding hydrogens is 430 g/mol. The molecule has 1 saturated heterocycles. The van der Waals surface area contributed by atoms with E-state index >= 15 is 0 Å². The first kappa shape index (κ1) is 25.5. The summed E-state index contributed by atoms with van der Waals surface area (Å²) in [6.45, 7) is 10.8. The Bertz CT molecular complexity index is 1090. The van der Waals surface area contributed by atoms with Gasteiger partial charge in [0.05, 0.1) is 24.8 Å². The fourth-order valence-corrected chi connectivity index (χ4v) is 4.34. The molecule has 1 amide bonds. The van der Waals surface area contributed by atoms with Crippen LogP contribution in [0.4, 0.5) is 0 Å². The van der Waals surface area contributed by atoms with Crippen molar-refractivity contribution in [2.45, 2.75) is 59.1 Å². The molecule has 34 heavy (non-hydrogen) atoms. The van der Waals surface area contributed by atoms with E-state index in [1.807, 2.05) is 65.0 Å². The highest BCUT2D eigenvalue weighted by Gasteiger charge is 2.45. The topological polar surface area (TPSA) is 76.1 Å². The van der Waals surface area contributed by atoms with E-state index in [2.05, 4.69) is 0 Å². The second-order valence-corrected chi connectivity index (χ2v) is 9.29. The Hall–Kier alpha value is -3.12. The molecule has 6 nitrogen and oxygen atoms in total. The molecule has 182 valence electrons. The number of aryl methyl sites for hydroxylation is 1. The van der Waals surface area contributed by atoms with Gasteiger partial charge in [-0.05, 0) is 62.4 Å². The number of Topliss-reactive ketones (excluding diaryl/α,β-unsaturated/α-hetero) is 1. The van der Waals surface area contributed by atoms with E-state index in [9.17, 15) is 14.7 Å². The summed E-state index contributed by atoms with van der Waals surface area (Å²) in [4.78, 5) is 27.9. The molecule has 0 saturated carbocycles. The average Bonchev–Trinajstić information content (AvgIpc) is 3.05. The minimum Gasteiger partial charge on any atom is -0.507 e. The molecule has 1 aliphatic rings. The van der Waals surface area contributed by atoms with Crippen molar-refractivity contribution in [3.63, 3.8) is 0 Å². The van der Waals surface area contributed by atoms with E-state index in [-0.39, 0.29) is 23.4 Å². The first-order valence-corrected chi connectivity index (χ1v) is 11.8. The number of likely N-dealkylation sites (tertiary alicyclic amines) is 1. The molecule has 0 radical (unpaired) electrons. The zero-order chi connectivity index (χ0) is 25.0. The van der Waals surface area contributed by atoms with Crippen LogP contribution in [0.15, 0.2) is 48.0 Å². The van der Waals surface area contributed by atoms with Crippen LogP contribution < -0.4 is 4.74 Å². The van der Waals surface area contributed by atoms with Gasteiger partial charge in [0.25, 0.3) is 11.7 Å². The van der Waals surface area contributed by atoms with Crippen molar-refractivity contribution >= 4 is 17.4 Å². The van der Waals surface area contributed by atoms with Crippen LogP contribution in [-0.2, 0) is 14.3 Å². The number of hydrogen-bond donors (Lipinski definition) is 1. The Labute approximate surface area is 202 Å². The van der Waals surface area contributed by atoms with Crippen molar-refractivity contribution in [1.29, 1.82) is 0 Å². The third-order valence-corrected chi connectivity index (χ3v) is 6.02. The summed E-state index contributed by atoms with van der Waals surface area (Å²) in [6, 6.07) is 12.4. The summed E-state index contributed by atoms with van der Waals surface area (Å²) < 4.78 is 11.1. The highest BCUT2D eigenvalue weighted by Crippen LogP contribution is 2.40. The number of methoxy groups -OCH3 is 1. The molecule has 0 spiro atoms. The van der Waals surface area contributed by atoms with Gasteiger partial charge in [-0.1, -0.05) is 43.7 Å². The van der Waals surface area contributed by atoms with E-state index in [4.69, 9.17) is 9.47 Å². The highest BCUT2D eigenvalue weighted by molar-refractivity contribution is 6.46. The number of benzene rings is 2. The van der Waals surface area contributed by atoms with Crippen LogP contribution in [0.2, 0.25) is 0 Å². The van der Waals surface area contributed by atoms with Crippen molar-refractivity contribution in [2.24, 2.45) is 0 Å². The number of ether oxygens (including phenoxy) is 2. The molecule has 1 atom stereocenters. The number of aliphatic hydroxyl groups is 1. The second-order valence-electron chi connectivity index (χ2n) is 9.29. The fraction of sp³-hybridized carbons (Fsp3) is 0.429.